The Kier molecular flexibility index (Phi) is 5.02. The van der Waals surface area contributed by atoms with Crippen molar-refractivity contribution in [1.29, 1.82) is 0 Å². The van der Waals surface area contributed by atoms with Crippen LogP contribution in [0.15, 0.2) is 52.2 Å². The second kappa shape index (κ2) is 6.99. The number of halogens is 3. The predicted molar refractivity (Wildman–Crippen MR) is 79.5 cm³/mol. The van der Waals surface area contributed by atoms with Crippen molar-refractivity contribution < 1.29 is 27.2 Å². The maximum Gasteiger partial charge on any atom is 0.471 e. The Hall–Kier alpha value is -3.10. The molecule has 2 rings (SSSR count). The molecule has 0 unspecified atom stereocenters. The molecule has 1 aromatic carbocycles. The van der Waals surface area contributed by atoms with Crippen LogP contribution in [0.25, 0.3) is 0 Å². The van der Waals surface area contributed by atoms with Gasteiger partial charge in [-0.25, -0.2) is 5.43 Å². The summed E-state index contributed by atoms with van der Waals surface area (Å²) in [6, 6.07) is 8.63. The maximum atomic E-state index is 12.2. The van der Waals surface area contributed by atoms with Crippen LogP contribution in [0.5, 0.6) is 0 Å². The van der Waals surface area contributed by atoms with Crippen molar-refractivity contribution >= 4 is 23.2 Å². The summed E-state index contributed by atoms with van der Waals surface area (Å²) in [7, 11) is 0. The van der Waals surface area contributed by atoms with Crippen LogP contribution in [0.4, 0.5) is 18.9 Å². The molecule has 0 fully saturated rings. The molecule has 0 atom stereocenters. The molecule has 126 valence electrons. The van der Waals surface area contributed by atoms with Crippen LogP contribution in [0.3, 0.4) is 0 Å². The molecule has 0 saturated heterocycles. The lowest BCUT2D eigenvalue weighted by molar-refractivity contribution is -0.167. The fourth-order valence-electron chi connectivity index (χ4n) is 1.69. The first-order valence-corrected chi connectivity index (χ1v) is 6.64. The number of anilines is 1. The first-order chi connectivity index (χ1) is 11.3. The van der Waals surface area contributed by atoms with E-state index in [4.69, 9.17) is 4.42 Å². The van der Waals surface area contributed by atoms with Gasteiger partial charge in [-0.2, -0.15) is 18.3 Å². The molecule has 0 saturated carbocycles. The fraction of sp³-hybridized carbons (Fsp3) is 0.133. The van der Waals surface area contributed by atoms with E-state index in [0.717, 1.165) is 0 Å². The molecule has 24 heavy (non-hydrogen) atoms. The van der Waals surface area contributed by atoms with Gasteiger partial charge in [0.2, 0.25) is 0 Å². The number of hydrogen-bond acceptors (Lipinski definition) is 4. The number of hydrogen-bond donors (Lipinski definition) is 2. The van der Waals surface area contributed by atoms with E-state index in [-0.39, 0.29) is 11.4 Å². The van der Waals surface area contributed by atoms with Crippen molar-refractivity contribution in [2.24, 2.45) is 5.10 Å². The second-order valence-corrected chi connectivity index (χ2v) is 4.65. The van der Waals surface area contributed by atoms with Gasteiger partial charge in [0.1, 0.15) is 0 Å². The minimum Gasteiger partial charge on any atom is -0.459 e. The molecular formula is C15H12F3N3O3. The Morgan fingerprint density at radius 3 is 2.54 bits per heavy atom. The molecule has 0 aliphatic heterocycles. The Labute approximate surface area is 134 Å². The van der Waals surface area contributed by atoms with Gasteiger partial charge in [0.15, 0.2) is 5.76 Å². The largest absolute Gasteiger partial charge is 0.471 e. The zero-order valence-corrected chi connectivity index (χ0v) is 12.3. The highest BCUT2D eigenvalue weighted by atomic mass is 19.4. The molecule has 6 nitrogen and oxygen atoms in total. The first-order valence-electron chi connectivity index (χ1n) is 6.64. The van der Waals surface area contributed by atoms with Crippen LogP contribution in [-0.4, -0.2) is 23.7 Å². The van der Waals surface area contributed by atoms with Gasteiger partial charge in [0.25, 0.3) is 0 Å². The smallest absolute Gasteiger partial charge is 0.459 e. The molecule has 2 N–H and O–H groups in total. The molecule has 0 spiro atoms. The lowest BCUT2D eigenvalue weighted by atomic mass is 10.1. The van der Waals surface area contributed by atoms with Crippen molar-refractivity contribution in [3.63, 3.8) is 0 Å². The van der Waals surface area contributed by atoms with Crippen LogP contribution in [-0.2, 0) is 4.79 Å². The van der Waals surface area contributed by atoms with E-state index < -0.39 is 18.0 Å². The summed E-state index contributed by atoms with van der Waals surface area (Å²) < 4.78 is 41.6. The number of nitrogens with one attached hydrogen (secondary N) is 2. The minimum atomic E-state index is -4.98. The van der Waals surface area contributed by atoms with Gasteiger partial charge in [-0.3, -0.25) is 9.59 Å². The fourth-order valence-corrected chi connectivity index (χ4v) is 1.69. The van der Waals surface area contributed by atoms with E-state index in [1.807, 2.05) is 0 Å². The number of nitrogens with zero attached hydrogens (tertiary/aromatic N) is 1. The molecule has 0 radical (unpaired) electrons. The van der Waals surface area contributed by atoms with Crippen molar-refractivity contribution in [3.8, 4) is 0 Å². The average Bonchev–Trinajstić information content (AvgIpc) is 3.06. The van der Waals surface area contributed by atoms with Crippen molar-refractivity contribution in [2.45, 2.75) is 13.1 Å². The SMILES string of the molecule is C/C(=N/NC(=O)c1ccco1)c1cccc(NC(=O)C(F)(F)F)c1. The Bertz CT molecular complexity index is 768. The van der Waals surface area contributed by atoms with Gasteiger partial charge in [0.05, 0.1) is 12.0 Å². The minimum absolute atomic E-state index is 0.0401. The average molecular weight is 339 g/mol. The Balaban J connectivity index is 2.08. The van der Waals surface area contributed by atoms with Gasteiger partial charge in [0, 0.05) is 5.69 Å². The molecule has 0 aliphatic rings. The topological polar surface area (TPSA) is 83.7 Å². The Morgan fingerprint density at radius 1 is 1.17 bits per heavy atom. The third-order valence-corrected chi connectivity index (χ3v) is 2.87. The number of carbonyl (C=O) groups is 2. The number of benzene rings is 1. The molecule has 1 heterocycles. The van der Waals surface area contributed by atoms with E-state index in [0.29, 0.717) is 11.3 Å². The second-order valence-electron chi connectivity index (χ2n) is 4.65. The predicted octanol–water partition coefficient (Wildman–Crippen LogP) is 2.93. The third-order valence-electron chi connectivity index (χ3n) is 2.87. The number of carbonyl (C=O) groups excluding carboxylic acids is 2. The summed E-state index contributed by atoms with van der Waals surface area (Å²) in [5.41, 5.74) is 2.97. The molecule has 0 aliphatic carbocycles. The van der Waals surface area contributed by atoms with Gasteiger partial charge >= 0.3 is 18.0 Å². The highest BCUT2D eigenvalue weighted by Gasteiger charge is 2.38. The third kappa shape index (κ3) is 4.45. The summed E-state index contributed by atoms with van der Waals surface area (Å²) in [5, 5.41) is 5.58. The molecule has 2 aromatic rings. The van der Waals surface area contributed by atoms with Crippen molar-refractivity contribution in [3.05, 3.63) is 54.0 Å². The number of alkyl halides is 3. The van der Waals surface area contributed by atoms with Crippen molar-refractivity contribution in [2.75, 3.05) is 5.32 Å². The zero-order chi connectivity index (χ0) is 17.7. The molecule has 9 heteroatoms. The summed E-state index contributed by atoms with van der Waals surface area (Å²) in [6.45, 7) is 1.55. The van der Waals surface area contributed by atoms with E-state index >= 15 is 0 Å². The van der Waals surface area contributed by atoms with Crippen LogP contribution < -0.4 is 10.7 Å². The quantitative estimate of drug-likeness (QED) is 0.663. The number of hydrazone groups is 1. The van der Waals surface area contributed by atoms with Gasteiger partial charge in [-0.05, 0) is 36.8 Å². The Morgan fingerprint density at radius 2 is 1.92 bits per heavy atom. The van der Waals surface area contributed by atoms with E-state index in [1.54, 1.807) is 18.3 Å². The van der Waals surface area contributed by atoms with Gasteiger partial charge in [-0.15, -0.1) is 0 Å². The number of furan rings is 1. The van der Waals surface area contributed by atoms with E-state index in [2.05, 4.69) is 10.5 Å². The van der Waals surface area contributed by atoms with E-state index in [9.17, 15) is 22.8 Å². The molecule has 0 bridgehead atoms. The van der Waals surface area contributed by atoms with E-state index in [1.165, 1.54) is 36.6 Å². The standard InChI is InChI=1S/C15H12F3N3O3/c1-9(20-21-13(22)12-6-3-7-24-12)10-4-2-5-11(8-10)19-14(23)15(16,17)18/h2-8H,1H3,(H,19,23)(H,21,22)/b20-9-. The number of amides is 2. The number of rotatable bonds is 4. The monoisotopic (exact) mass is 339 g/mol. The van der Waals surface area contributed by atoms with Crippen LogP contribution in [0.1, 0.15) is 23.0 Å². The van der Waals surface area contributed by atoms with Crippen LogP contribution >= 0.6 is 0 Å². The normalized spacial score (nSPS) is 11.9. The molecule has 2 amide bonds. The van der Waals surface area contributed by atoms with Gasteiger partial charge in [-0.1, -0.05) is 12.1 Å². The lowest BCUT2D eigenvalue weighted by Crippen LogP contribution is -2.29. The molecular weight excluding hydrogens is 327 g/mol. The van der Waals surface area contributed by atoms with Gasteiger partial charge < -0.3 is 9.73 Å². The summed E-state index contributed by atoms with van der Waals surface area (Å²) in [6.07, 6.45) is -3.64. The van der Waals surface area contributed by atoms with Crippen LogP contribution in [0.2, 0.25) is 0 Å². The highest BCUT2D eigenvalue weighted by Crippen LogP contribution is 2.19. The summed E-state index contributed by atoms with van der Waals surface area (Å²) in [5.74, 6) is -2.57. The van der Waals surface area contributed by atoms with Crippen molar-refractivity contribution in [1.82, 2.24) is 5.43 Å². The zero-order valence-electron chi connectivity index (χ0n) is 12.3. The van der Waals surface area contributed by atoms with Crippen LogP contribution in [0, 0.1) is 0 Å². The lowest BCUT2D eigenvalue weighted by Gasteiger charge is -2.09. The maximum absolute atomic E-state index is 12.2. The summed E-state index contributed by atoms with van der Waals surface area (Å²) in [4.78, 5) is 22.6. The summed E-state index contributed by atoms with van der Waals surface area (Å²) >= 11 is 0. The molecule has 1 aromatic heterocycles. The highest BCUT2D eigenvalue weighted by molar-refractivity contribution is 6.02. The first kappa shape index (κ1) is 17.3.